The van der Waals surface area contributed by atoms with E-state index in [1.165, 1.54) is 7.11 Å². The van der Waals surface area contributed by atoms with Crippen molar-refractivity contribution < 1.29 is 19.7 Å². The van der Waals surface area contributed by atoms with Gasteiger partial charge in [-0.3, -0.25) is 4.79 Å². The molecule has 1 aromatic rings. The first kappa shape index (κ1) is 14.8. The summed E-state index contributed by atoms with van der Waals surface area (Å²) in [4.78, 5) is 10.5. The summed E-state index contributed by atoms with van der Waals surface area (Å²) in [6, 6.07) is 1.23. The number of nitrogens with two attached hydrogens (primary N) is 1. The number of hydrogen-bond acceptors (Lipinski definition) is 4. The first-order valence-electron chi connectivity index (χ1n) is 5.41. The highest BCUT2D eigenvalue weighted by atomic mass is 79.9. The third kappa shape index (κ3) is 3.14. The van der Waals surface area contributed by atoms with Gasteiger partial charge in [0, 0.05) is 12.5 Å². The number of carboxylic acid groups (broad SMARTS) is 1. The lowest BCUT2D eigenvalue weighted by molar-refractivity contribution is -0.137. The lowest BCUT2D eigenvalue weighted by Crippen LogP contribution is -2.14. The summed E-state index contributed by atoms with van der Waals surface area (Å²) >= 11 is 3.27. The van der Waals surface area contributed by atoms with E-state index < -0.39 is 12.0 Å². The number of aryl methyl sites for hydroxylation is 1. The maximum Gasteiger partial charge on any atom is 0.303 e. The van der Waals surface area contributed by atoms with Crippen LogP contribution in [0.5, 0.6) is 11.5 Å². The third-order valence-corrected chi connectivity index (χ3v) is 3.51. The number of ether oxygens (including phenoxy) is 1. The average molecular weight is 318 g/mol. The van der Waals surface area contributed by atoms with Crippen LogP contribution in [0.15, 0.2) is 10.5 Å². The first-order chi connectivity index (χ1) is 8.38. The predicted molar refractivity (Wildman–Crippen MR) is 70.9 cm³/mol. The molecule has 1 rings (SSSR count). The maximum atomic E-state index is 10.5. The molecule has 6 heteroatoms. The van der Waals surface area contributed by atoms with Crippen LogP contribution in [0.2, 0.25) is 0 Å². The lowest BCUT2D eigenvalue weighted by atomic mass is 9.97. The number of methoxy groups -OCH3 is 1. The second kappa shape index (κ2) is 6.06. The van der Waals surface area contributed by atoms with E-state index in [0.717, 1.165) is 5.56 Å². The molecule has 0 aliphatic rings. The third-order valence-electron chi connectivity index (χ3n) is 2.71. The number of rotatable bonds is 5. The molecule has 0 saturated heterocycles. The summed E-state index contributed by atoms with van der Waals surface area (Å²) < 4.78 is 5.48. The molecular weight excluding hydrogens is 302 g/mol. The molecule has 0 saturated carbocycles. The Morgan fingerprint density at radius 2 is 2.22 bits per heavy atom. The molecule has 0 spiro atoms. The molecular formula is C12H16BrNO4. The van der Waals surface area contributed by atoms with Gasteiger partial charge in [-0.05, 0) is 46.5 Å². The predicted octanol–water partition coefficient (Wildman–Crippen LogP) is 2.34. The molecule has 4 N–H and O–H groups in total. The van der Waals surface area contributed by atoms with E-state index in [0.29, 0.717) is 22.2 Å². The second-order valence-electron chi connectivity index (χ2n) is 4.01. The van der Waals surface area contributed by atoms with E-state index in [1.807, 2.05) is 6.92 Å². The highest BCUT2D eigenvalue weighted by Crippen LogP contribution is 2.41. The first-order valence-corrected chi connectivity index (χ1v) is 6.21. The van der Waals surface area contributed by atoms with Gasteiger partial charge in [0.05, 0.1) is 11.6 Å². The molecule has 0 heterocycles. The van der Waals surface area contributed by atoms with Crippen molar-refractivity contribution in [1.82, 2.24) is 0 Å². The molecule has 0 radical (unpaired) electrons. The molecule has 1 unspecified atom stereocenters. The van der Waals surface area contributed by atoms with Gasteiger partial charge in [-0.25, -0.2) is 0 Å². The van der Waals surface area contributed by atoms with Gasteiger partial charge < -0.3 is 20.7 Å². The van der Waals surface area contributed by atoms with Gasteiger partial charge in [0.15, 0.2) is 11.5 Å². The zero-order valence-electron chi connectivity index (χ0n) is 10.2. The number of carboxylic acids is 1. The summed E-state index contributed by atoms with van der Waals surface area (Å²) in [7, 11) is 1.46. The van der Waals surface area contributed by atoms with Gasteiger partial charge in [-0.1, -0.05) is 0 Å². The van der Waals surface area contributed by atoms with Crippen LogP contribution in [0.25, 0.3) is 0 Å². The standard InChI is InChI=1S/C12H16BrNO4/c1-6-5-8(18-2)12(17)11(13)10(6)7(14)3-4-9(15)16/h5,7,17H,3-4,14H2,1-2H3,(H,15,16). The number of phenols is 1. The highest BCUT2D eigenvalue weighted by molar-refractivity contribution is 9.10. The van der Waals surface area contributed by atoms with Crippen LogP contribution >= 0.6 is 15.9 Å². The average Bonchev–Trinajstić information content (AvgIpc) is 2.31. The number of halogens is 1. The van der Waals surface area contributed by atoms with E-state index in [-0.39, 0.29) is 12.2 Å². The maximum absolute atomic E-state index is 10.5. The number of aliphatic carboxylic acids is 1. The molecule has 0 bridgehead atoms. The van der Waals surface area contributed by atoms with Gasteiger partial charge in [0.25, 0.3) is 0 Å². The molecule has 0 aliphatic heterocycles. The summed E-state index contributed by atoms with van der Waals surface area (Å²) in [5.41, 5.74) is 7.51. The summed E-state index contributed by atoms with van der Waals surface area (Å²) in [5, 5.41) is 18.5. The van der Waals surface area contributed by atoms with E-state index in [2.05, 4.69) is 15.9 Å². The molecule has 1 aromatic carbocycles. The fraction of sp³-hybridized carbons (Fsp3) is 0.417. The minimum atomic E-state index is -0.892. The Bertz CT molecular complexity index is 462. The van der Waals surface area contributed by atoms with Crippen molar-refractivity contribution in [1.29, 1.82) is 0 Å². The Hall–Kier alpha value is -1.27. The largest absolute Gasteiger partial charge is 0.503 e. The number of aromatic hydroxyl groups is 1. The zero-order valence-corrected chi connectivity index (χ0v) is 11.8. The monoisotopic (exact) mass is 317 g/mol. The molecule has 0 fully saturated rings. The molecule has 5 nitrogen and oxygen atoms in total. The Morgan fingerprint density at radius 1 is 1.61 bits per heavy atom. The van der Waals surface area contributed by atoms with Crippen LogP contribution in [0.4, 0.5) is 0 Å². The number of phenolic OH excluding ortho intramolecular Hbond substituents is 1. The Labute approximate surface area is 114 Å². The molecule has 100 valence electrons. The SMILES string of the molecule is COc1cc(C)c(C(N)CCC(=O)O)c(Br)c1O. The van der Waals surface area contributed by atoms with Crippen molar-refractivity contribution in [3.63, 3.8) is 0 Å². The van der Waals surface area contributed by atoms with Crippen LogP contribution in [-0.4, -0.2) is 23.3 Å². The minimum absolute atomic E-state index is 0.0140. The minimum Gasteiger partial charge on any atom is -0.503 e. The molecule has 1 atom stereocenters. The van der Waals surface area contributed by atoms with Crippen LogP contribution in [-0.2, 0) is 4.79 Å². The molecule has 0 amide bonds. The van der Waals surface area contributed by atoms with Crippen molar-refractivity contribution in [3.8, 4) is 11.5 Å². The van der Waals surface area contributed by atoms with Crippen LogP contribution < -0.4 is 10.5 Å². The Balaban J connectivity index is 3.09. The normalized spacial score (nSPS) is 12.2. The van der Waals surface area contributed by atoms with Gasteiger partial charge in [0.1, 0.15) is 0 Å². The fourth-order valence-electron chi connectivity index (χ4n) is 1.79. The molecule has 0 aliphatic carbocycles. The van der Waals surface area contributed by atoms with Crippen molar-refractivity contribution in [2.45, 2.75) is 25.8 Å². The summed E-state index contributed by atoms with van der Waals surface area (Å²) in [5.74, 6) is -0.561. The lowest BCUT2D eigenvalue weighted by Gasteiger charge is -2.18. The van der Waals surface area contributed by atoms with E-state index >= 15 is 0 Å². The van der Waals surface area contributed by atoms with Crippen LogP contribution in [0.3, 0.4) is 0 Å². The highest BCUT2D eigenvalue weighted by Gasteiger charge is 2.19. The van der Waals surface area contributed by atoms with Crippen LogP contribution in [0.1, 0.15) is 30.0 Å². The fourth-order valence-corrected chi connectivity index (χ4v) is 2.59. The van der Waals surface area contributed by atoms with Crippen molar-refractivity contribution in [2.24, 2.45) is 5.73 Å². The van der Waals surface area contributed by atoms with Crippen molar-refractivity contribution >= 4 is 21.9 Å². The number of carbonyl (C=O) groups is 1. The number of hydrogen-bond donors (Lipinski definition) is 3. The number of benzene rings is 1. The Morgan fingerprint density at radius 3 is 2.72 bits per heavy atom. The van der Waals surface area contributed by atoms with E-state index in [1.54, 1.807) is 6.07 Å². The van der Waals surface area contributed by atoms with Gasteiger partial charge in [-0.15, -0.1) is 0 Å². The zero-order chi connectivity index (χ0) is 13.9. The molecule has 18 heavy (non-hydrogen) atoms. The van der Waals surface area contributed by atoms with E-state index in [9.17, 15) is 9.90 Å². The Kier molecular flexibility index (Phi) is 4.98. The molecule has 0 aromatic heterocycles. The summed E-state index contributed by atoms with van der Waals surface area (Å²) in [6.07, 6.45) is 0.292. The topological polar surface area (TPSA) is 92.8 Å². The van der Waals surface area contributed by atoms with Crippen molar-refractivity contribution in [3.05, 3.63) is 21.7 Å². The van der Waals surface area contributed by atoms with E-state index in [4.69, 9.17) is 15.6 Å². The summed E-state index contributed by atoms with van der Waals surface area (Å²) in [6.45, 7) is 1.84. The van der Waals surface area contributed by atoms with Gasteiger partial charge in [-0.2, -0.15) is 0 Å². The smallest absolute Gasteiger partial charge is 0.303 e. The van der Waals surface area contributed by atoms with Crippen LogP contribution in [0, 0.1) is 6.92 Å². The van der Waals surface area contributed by atoms with Crippen molar-refractivity contribution in [2.75, 3.05) is 7.11 Å². The van der Waals surface area contributed by atoms with Gasteiger partial charge >= 0.3 is 5.97 Å². The van der Waals surface area contributed by atoms with Gasteiger partial charge in [0.2, 0.25) is 0 Å². The quantitative estimate of drug-likeness (QED) is 0.775. The second-order valence-corrected chi connectivity index (χ2v) is 4.80.